The van der Waals surface area contributed by atoms with Crippen molar-refractivity contribution in [2.45, 2.75) is 32.7 Å². The zero-order valence-electron chi connectivity index (χ0n) is 10.9. The molecule has 1 heterocycles. The molecule has 2 unspecified atom stereocenters. The van der Waals surface area contributed by atoms with Gasteiger partial charge in [0.1, 0.15) is 5.75 Å². The Kier molecular flexibility index (Phi) is 4.55. The predicted molar refractivity (Wildman–Crippen MR) is 70.3 cm³/mol. The maximum absolute atomic E-state index is 9.68. The van der Waals surface area contributed by atoms with Crippen molar-refractivity contribution in [3.63, 3.8) is 0 Å². The van der Waals surface area contributed by atoms with Gasteiger partial charge in [-0.3, -0.25) is 4.98 Å². The van der Waals surface area contributed by atoms with Crippen molar-refractivity contribution in [1.82, 2.24) is 10.3 Å². The highest BCUT2D eigenvalue weighted by atomic mass is 16.3. The standard InChI is InChI=1S/C14H22N2O2/c1-10-5-6-14(18)13(16-10)8-15-7-11-3-2-4-12(11)9-17/h5-6,11-12,15,17-18H,2-4,7-9H2,1H3. The number of rotatable bonds is 5. The van der Waals surface area contributed by atoms with Crippen molar-refractivity contribution in [1.29, 1.82) is 0 Å². The van der Waals surface area contributed by atoms with Crippen molar-refractivity contribution in [2.24, 2.45) is 11.8 Å². The second-order valence-corrected chi connectivity index (χ2v) is 5.18. The molecule has 18 heavy (non-hydrogen) atoms. The van der Waals surface area contributed by atoms with E-state index in [0.29, 0.717) is 30.7 Å². The van der Waals surface area contributed by atoms with Crippen molar-refractivity contribution >= 4 is 0 Å². The number of pyridine rings is 1. The molecule has 2 rings (SSSR count). The first-order valence-electron chi connectivity index (χ1n) is 6.67. The van der Waals surface area contributed by atoms with Gasteiger partial charge < -0.3 is 15.5 Å². The molecule has 0 bridgehead atoms. The number of nitrogens with zero attached hydrogens (tertiary/aromatic N) is 1. The molecule has 100 valence electrons. The van der Waals surface area contributed by atoms with Crippen LogP contribution in [0.5, 0.6) is 5.75 Å². The Bertz CT molecular complexity index is 395. The molecule has 0 aromatic carbocycles. The number of aryl methyl sites for hydroxylation is 1. The Morgan fingerprint density at radius 1 is 1.33 bits per heavy atom. The van der Waals surface area contributed by atoms with E-state index >= 15 is 0 Å². The third kappa shape index (κ3) is 3.21. The second kappa shape index (κ2) is 6.16. The molecule has 4 heteroatoms. The largest absolute Gasteiger partial charge is 0.506 e. The van der Waals surface area contributed by atoms with E-state index in [4.69, 9.17) is 0 Å². The zero-order valence-corrected chi connectivity index (χ0v) is 10.9. The molecule has 1 aromatic rings. The summed E-state index contributed by atoms with van der Waals surface area (Å²) in [6, 6.07) is 3.49. The summed E-state index contributed by atoms with van der Waals surface area (Å²) in [6.45, 7) is 3.68. The summed E-state index contributed by atoms with van der Waals surface area (Å²) in [5.41, 5.74) is 1.62. The van der Waals surface area contributed by atoms with Crippen LogP contribution in [0.3, 0.4) is 0 Å². The van der Waals surface area contributed by atoms with Gasteiger partial charge in [0.05, 0.1) is 5.69 Å². The Balaban J connectivity index is 1.83. The van der Waals surface area contributed by atoms with Crippen LogP contribution in [0.15, 0.2) is 12.1 Å². The van der Waals surface area contributed by atoms with Crippen LogP contribution in [0.1, 0.15) is 30.7 Å². The van der Waals surface area contributed by atoms with E-state index < -0.39 is 0 Å². The Hall–Kier alpha value is -1.13. The summed E-state index contributed by atoms with van der Waals surface area (Å²) in [6.07, 6.45) is 3.54. The summed E-state index contributed by atoms with van der Waals surface area (Å²) in [7, 11) is 0. The van der Waals surface area contributed by atoms with Gasteiger partial charge in [-0.05, 0) is 50.3 Å². The molecule has 0 amide bonds. The van der Waals surface area contributed by atoms with E-state index in [-0.39, 0.29) is 5.75 Å². The zero-order chi connectivity index (χ0) is 13.0. The lowest BCUT2D eigenvalue weighted by atomic mass is 9.97. The van der Waals surface area contributed by atoms with E-state index in [9.17, 15) is 10.2 Å². The Labute approximate surface area is 108 Å². The van der Waals surface area contributed by atoms with E-state index in [0.717, 1.165) is 18.7 Å². The summed E-state index contributed by atoms with van der Waals surface area (Å²) >= 11 is 0. The minimum atomic E-state index is 0.248. The summed E-state index contributed by atoms with van der Waals surface area (Å²) in [4.78, 5) is 4.31. The minimum Gasteiger partial charge on any atom is -0.506 e. The molecule has 0 saturated heterocycles. The van der Waals surface area contributed by atoms with Gasteiger partial charge in [-0.15, -0.1) is 0 Å². The van der Waals surface area contributed by atoms with Crippen molar-refractivity contribution < 1.29 is 10.2 Å². The van der Waals surface area contributed by atoms with Crippen LogP contribution < -0.4 is 5.32 Å². The van der Waals surface area contributed by atoms with Gasteiger partial charge in [0.2, 0.25) is 0 Å². The summed E-state index contributed by atoms with van der Waals surface area (Å²) < 4.78 is 0. The normalized spacial score (nSPS) is 23.4. The maximum atomic E-state index is 9.68. The molecule has 0 aliphatic heterocycles. The Morgan fingerprint density at radius 3 is 2.89 bits per heavy atom. The molecular formula is C14H22N2O2. The van der Waals surface area contributed by atoms with Crippen LogP contribution in [-0.4, -0.2) is 28.3 Å². The van der Waals surface area contributed by atoms with E-state index in [1.807, 2.05) is 6.92 Å². The van der Waals surface area contributed by atoms with Gasteiger partial charge in [0.25, 0.3) is 0 Å². The molecule has 1 aromatic heterocycles. The highest BCUT2D eigenvalue weighted by Crippen LogP contribution is 2.30. The predicted octanol–water partition coefficient (Wildman–Crippen LogP) is 1.59. The lowest BCUT2D eigenvalue weighted by Gasteiger charge is -2.17. The molecule has 1 aliphatic carbocycles. The molecule has 0 radical (unpaired) electrons. The maximum Gasteiger partial charge on any atom is 0.138 e. The minimum absolute atomic E-state index is 0.248. The molecule has 1 aliphatic rings. The number of hydrogen-bond donors (Lipinski definition) is 3. The van der Waals surface area contributed by atoms with Gasteiger partial charge in [-0.1, -0.05) is 6.42 Å². The van der Waals surface area contributed by atoms with E-state index in [1.165, 1.54) is 12.8 Å². The van der Waals surface area contributed by atoms with Gasteiger partial charge in [-0.2, -0.15) is 0 Å². The lowest BCUT2D eigenvalue weighted by molar-refractivity contribution is 0.192. The lowest BCUT2D eigenvalue weighted by Crippen LogP contribution is -2.26. The van der Waals surface area contributed by atoms with Gasteiger partial charge in [0, 0.05) is 18.8 Å². The van der Waals surface area contributed by atoms with Crippen molar-refractivity contribution in [3.8, 4) is 5.75 Å². The topological polar surface area (TPSA) is 65.4 Å². The van der Waals surface area contributed by atoms with Gasteiger partial charge in [-0.25, -0.2) is 0 Å². The number of nitrogens with one attached hydrogen (secondary N) is 1. The molecular weight excluding hydrogens is 228 g/mol. The summed E-state index contributed by atoms with van der Waals surface area (Å²) in [5.74, 6) is 1.25. The van der Waals surface area contributed by atoms with Crippen LogP contribution in [-0.2, 0) is 6.54 Å². The number of aromatic hydroxyl groups is 1. The fourth-order valence-corrected chi connectivity index (χ4v) is 2.73. The SMILES string of the molecule is Cc1ccc(O)c(CNCC2CCCC2CO)n1. The monoisotopic (exact) mass is 250 g/mol. The molecule has 2 atom stereocenters. The first-order valence-corrected chi connectivity index (χ1v) is 6.67. The van der Waals surface area contributed by atoms with Gasteiger partial charge in [0.15, 0.2) is 0 Å². The molecule has 0 spiro atoms. The van der Waals surface area contributed by atoms with Crippen LogP contribution >= 0.6 is 0 Å². The first-order chi connectivity index (χ1) is 8.70. The smallest absolute Gasteiger partial charge is 0.138 e. The van der Waals surface area contributed by atoms with Crippen LogP contribution in [0.4, 0.5) is 0 Å². The highest BCUT2D eigenvalue weighted by molar-refractivity contribution is 5.27. The number of aliphatic hydroxyl groups is 1. The van der Waals surface area contributed by atoms with Crippen LogP contribution in [0.25, 0.3) is 0 Å². The van der Waals surface area contributed by atoms with Crippen LogP contribution in [0, 0.1) is 18.8 Å². The van der Waals surface area contributed by atoms with E-state index in [1.54, 1.807) is 12.1 Å². The van der Waals surface area contributed by atoms with E-state index in [2.05, 4.69) is 10.3 Å². The average molecular weight is 250 g/mol. The fourth-order valence-electron chi connectivity index (χ4n) is 2.73. The third-order valence-electron chi connectivity index (χ3n) is 3.84. The molecule has 4 nitrogen and oxygen atoms in total. The number of aromatic nitrogens is 1. The third-order valence-corrected chi connectivity index (χ3v) is 3.84. The molecule has 1 fully saturated rings. The quantitative estimate of drug-likeness (QED) is 0.742. The first kappa shape index (κ1) is 13.3. The summed E-state index contributed by atoms with van der Waals surface area (Å²) in [5, 5.41) is 22.3. The number of aliphatic hydroxyl groups excluding tert-OH is 1. The molecule has 3 N–H and O–H groups in total. The van der Waals surface area contributed by atoms with Crippen LogP contribution in [0.2, 0.25) is 0 Å². The fraction of sp³-hybridized carbons (Fsp3) is 0.643. The van der Waals surface area contributed by atoms with Crippen molar-refractivity contribution in [3.05, 3.63) is 23.5 Å². The molecule has 1 saturated carbocycles. The highest BCUT2D eigenvalue weighted by Gasteiger charge is 2.25. The average Bonchev–Trinajstić information content (AvgIpc) is 2.81. The van der Waals surface area contributed by atoms with Gasteiger partial charge >= 0.3 is 0 Å². The van der Waals surface area contributed by atoms with Crippen molar-refractivity contribution in [2.75, 3.05) is 13.2 Å². The Morgan fingerprint density at radius 2 is 2.11 bits per heavy atom. The second-order valence-electron chi connectivity index (χ2n) is 5.18. The number of hydrogen-bond acceptors (Lipinski definition) is 4.